The molecule has 0 fully saturated rings. The van der Waals surface area contributed by atoms with E-state index in [-0.39, 0.29) is 0 Å². The van der Waals surface area contributed by atoms with Gasteiger partial charge in [0.25, 0.3) is 10.0 Å². The summed E-state index contributed by atoms with van der Waals surface area (Å²) < 4.78 is 27.3. The van der Waals surface area contributed by atoms with Crippen molar-refractivity contribution in [1.29, 1.82) is 0 Å². The normalized spacial score (nSPS) is 12.5. The summed E-state index contributed by atoms with van der Waals surface area (Å²) in [7, 11) is 0.646. The Kier molecular flexibility index (Phi) is 7.83. The van der Waals surface area contributed by atoms with Gasteiger partial charge in [-0.15, -0.1) is 11.3 Å². The lowest BCUT2D eigenvalue weighted by molar-refractivity contribution is 0.356. The zero-order chi connectivity index (χ0) is 15.9. The summed E-state index contributed by atoms with van der Waals surface area (Å²) in [5.74, 6) is 0. The fourth-order valence-electron chi connectivity index (χ4n) is 1.98. The van der Waals surface area contributed by atoms with E-state index in [4.69, 9.17) is 0 Å². The van der Waals surface area contributed by atoms with E-state index in [1.165, 1.54) is 11.3 Å². The summed E-state index contributed by atoms with van der Waals surface area (Å²) in [4.78, 5) is 3.12. The van der Waals surface area contributed by atoms with E-state index >= 15 is 0 Å². The van der Waals surface area contributed by atoms with E-state index in [0.717, 1.165) is 30.9 Å². The van der Waals surface area contributed by atoms with Gasteiger partial charge < -0.3 is 10.2 Å². The maximum absolute atomic E-state index is 12.6. The highest BCUT2D eigenvalue weighted by Crippen LogP contribution is 2.25. The van der Waals surface area contributed by atoms with Crippen LogP contribution in [0.4, 0.5) is 0 Å². The molecule has 1 N–H and O–H groups in total. The molecule has 1 heterocycles. The Morgan fingerprint density at radius 3 is 2.48 bits per heavy atom. The van der Waals surface area contributed by atoms with Gasteiger partial charge in [-0.1, -0.05) is 13.8 Å². The highest BCUT2D eigenvalue weighted by atomic mass is 32.2. The van der Waals surface area contributed by atoms with Crippen molar-refractivity contribution in [3.8, 4) is 0 Å². The number of nitrogens with zero attached hydrogens (tertiary/aromatic N) is 2. The van der Waals surface area contributed by atoms with Crippen LogP contribution in [0.3, 0.4) is 0 Å². The average Bonchev–Trinajstić information content (AvgIpc) is 2.90. The molecule has 1 aromatic heterocycles. The molecule has 1 aromatic rings. The Morgan fingerprint density at radius 2 is 1.90 bits per heavy atom. The van der Waals surface area contributed by atoms with Gasteiger partial charge in [-0.05, 0) is 45.7 Å². The van der Waals surface area contributed by atoms with Gasteiger partial charge in [0.05, 0.1) is 0 Å². The number of thiophene rings is 1. The largest absolute Gasteiger partial charge is 0.312 e. The minimum Gasteiger partial charge on any atom is -0.312 e. The fourth-order valence-corrected chi connectivity index (χ4v) is 4.95. The molecule has 0 aliphatic rings. The van der Waals surface area contributed by atoms with Gasteiger partial charge in [0, 0.05) is 24.5 Å². The van der Waals surface area contributed by atoms with Gasteiger partial charge in [-0.25, -0.2) is 8.42 Å². The Morgan fingerprint density at radius 1 is 1.19 bits per heavy atom. The first-order valence-electron chi connectivity index (χ1n) is 7.36. The lowest BCUT2D eigenvalue weighted by Crippen LogP contribution is -2.32. The predicted molar refractivity (Wildman–Crippen MR) is 89.3 cm³/mol. The summed E-state index contributed by atoms with van der Waals surface area (Å²) in [5.41, 5.74) is 0. The second-order valence-corrected chi connectivity index (χ2v) is 8.49. The molecule has 0 saturated carbocycles. The first-order valence-corrected chi connectivity index (χ1v) is 9.61. The van der Waals surface area contributed by atoms with Crippen molar-refractivity contribution in [1.82, 2.24) is 14.5 Å². The molecule has 0 saturated heterocycles. The summed E-state index contributed by atoms with van der Waals surface area (Å²) >= 11 is 1.36. The first-order chi connectivity index (χ1) is 9.91. The molecule has 0 unspecified atom stereocenters. The minimum atomic E-state index is -3.35. The fraction of sp³-hybridized carbons (Fsp3) is 0.714. The zero-order valence-corrected chi connectivity index (χ0v) is 15.1. The number of rotatable bonds is 10. The van der Waals surface area contributed by atoms with Crippen LogP contribution in [-0.4, -0.2) is 57.9 Å². The maximum atomic E-state index is 12.6. The highest BCUT2D eigenvalue weighted by molar-refractivity contribution is 7.91. The SMILES string of the molecule is CCNCc1ccc(S(=O)(=O)N(CC)CCCN(C)C)s1. The quantitative estimate of drug-likeness (QED) is 0.710. The third-order valence-corrected chi connectivity index (χ3v) is 6.67. The highest BCUT2D eigenvalue weighted by Gasteiger charge is 2.24. The van der Waals surface area contributed by atoms with Crippen LogP contribution in [0.5, 0.6) is 0 Å². The molecule has 7 heteroatoms. The van der Waals surface area contributed by atoms with E-state index in [0.29, 0.717) is 17.3 Å². The second-order valence-electron chi connectivity index (χ2n) is 5.15. The van der Waals surface area contributed by atoms with E-state index in [2.05, 4.69) is 10.2 Å². The predicted octanol–water partition coefficient (Wildman–Crippen LogP) is 1.82. The van der Waals surface area contributed by atoms with Crippen LogP contribution in [0.25, 0.3) is 0 Å². The Labute approximate surface area is 133 Å². The topological polar surface area (TPSA) is 52.7 Å². The molecule has 0 amide bonds. The first kappa shape index (κ1) is 18.6. The van der Waals surface area contributed by atoms with Crippen LogP contribution in [0.15, 0.2) is 16.3 Å². The van der Waals surface area contributed by atoms with Crippen LogP contribution in [0, 0.1) is 0 Å². The van der Waals surface area contributed by atoms with Gasteiger partial charge in [0.2, 0.25) is 0 Å². The van der Waals surface area contributed by atoms with Crippen molar-refractivity contribution in [3.05, 3.63) is 17.0 Å². The monoisotopic (exact) mass is 333 g/mol. The Hall–Kier alpha value is -0.470. The smallest absolute Gasteiger partial charge is 0.252 e. The summed E-state index contributed by atoms with van der Waals surface area (Å²) in [6.45, 7) is 7.50. The number of sulfonamides is 1. The number of hydrogen-bond acceptors (Lipinski definition) is 5. The number of hydrogen-bond donors (Lipinski definition) is 1. The number of nitrogens with one attached hydrogen (secondary N) is 1. The van der Waals surface area contributed by atoms with Gasteiger partial charge >= 0.3 is 0 Å². The summed E-state index contributed by atoms with van der Waals surface area (Å²) in [6, 6.07) is 3.62. The molecule has 1 rings (SSSR count). The third kappa shape index (κ3) is 5.67. The van der Waals surface area contributed by atoms with Crippen LogP contribution in [0.1, 0.15) is 25.1 Å². The zero-order valence-electron chi connectivity index (χ0n) is 13.4. The van der Waals surface area contributed by atoms with Gasteiger partial charge in [0.15, 0.2) is 0 Å². The van der Waals surface area contributed by atoms with Crippen molar-refractivity contribution in [2.24, 2.45) is 0 Å². The van der Waals surface area contributed by atoms with Crippen LogP contribution >= 0.6 is 11.3 Å². The molecule has 0 bridgehead atoms. The third-order valence-electron chi connectivity index (χ3n) is 3.15. The lowest BCUT2D eigenvalue weighted by Gasteiger charge is -2.20. The molecule has 0 aromatic carbocycles. The van der Waals surface area contributed by atoms with E-state index in [1.807, 2.05) is 34.0 Å². The van der Waals surface area contributed by atoms with Gasteiger partial charge in [0.1, 0.15) is 4.21 Å². The van der Waals surface area contributed by atoms with Crippen molar-refractivity contribution in [2.75, 3.05) is 40.3 Å². The van der Waals surface area contributed by atoms with Crippen LogP contribution in [0.2, 0.25) is 0 Å². The Balaban J connectivity index is 2.74. The maximum Gasteiger partial charge on any atom is 0.252 e. The van der Waals surface area contributed by atoms with Crippen LogP contribution < -0.4 is 5.32 Å². The average molecular weight is 334 g/mol. The molecule has 0 aliphatic heterocycles. The lowest BCUT2D eigenvalue weighted by atomic mass is 10.4. The molecule has 122 valence electrons. The second kappa shape index (κ2) is 8.85. The van der Waals surface area contributed by atoms with E-state index in [9.17, 15) is 8.42 Å². The van der Waals surface area contributed by atoms with Gasteiger partial charge in [-0.2, -0.15) is 4.31 Å². The molecule has 0 aliphatic carbocycles. The summed E-state index contributed by atoms with van der Waals surface area (Å²) in [5, 5.41) is 3.22. The minimum absolute atomic E-state index is 0.446. The molecular weight excluding hydrogens is 306 g/mol. The van der Waals surface area contributed by atoms with Gasteiger partial charge in [-0.3, -0.25) is 0 Å². The Bertz CT molecular complexity index is 512. The molecule has 0 spiro atoms. The molecular formula is C14H27N3O2S2. The van der Waals surface area contributed by atoms with Crippen molar-refractivity contribution in [2.45, 2.75) is 31.0 Å². The van der Waals surface area contributed by atoms with Crippen molar-refractivity contribution < 1.29 is 8.42 Å². The summed E-state index contributed by atoms with van der Waals surface area (Å²) in [6.07, 6.45) is 0.843. The standard InChI is InChI=1S/C14H27N3O2S2/c1-5-15-12-13-8-9-14(20-13)21(18,19)17(6-2)11-7-10-16(3)4/h8-9,15H,5-7,10-12H2,1-4H3. The van der Waals surface area contributed by atoms with Crippen molar-refractivity contribution in [3.63, 3.8) is 0 Å². The van der Waals surface area contributed by atoms with Crippen LogP contribution in [-0.2, 0) is 16.6 Å². The van der Waals surface area contributed by atoms with E-state index < -0.39 is 10.0 Å². The van der Waals surface area contributed by atoms with E-state index in [1.54, 1.807) is 10.4 Å². The molecule has 0 atom stereocenters. The molecule has 5 nitrogen and oxygen atoms in total. The molecule has 0 radical (unpaired) electrons. The van der Waals surface area contributed by atoms with Crippen molar-refractivity contribution >= 4 is 21.4 Å². The molecule has 21 heavy (non-hydrogen) atoms.